The Morgan fingerprint density at radius 3 is 2.11 bits per heavy atom. The molecular formula is C44H74. The molecule has 1 saturated carbocycles. The minimum Gasteiger partial charge on any atom is -0.0988 e. The molecule has 3 rings (SSSR count). The van der Waals surface area contributed by atoms with Gasteiger partial charge in [0.25, 0.3) is 0 Å². The lowest BCUT2D eigenvalue weighted by Gasteiger charge is -2.41. The van der Waals surface area contributed by atoms with Gasteiger partial charge < -0.3 is 0 Å². The number of hydrogen-bond donors (Lipinski definition) is 0. The van der Waals surface area contributed by atoms with Crippen LogP contribution in [0.3, 0.4) is 0 Å². The van der Waals surface area contributed by atoms with Gasteiger partial charge in [-0.15, -0.1) is 0 Å². The summed E-state index contributed by atoms with van der Waals surface area (Å²) in [6, 6.07) is 0. The molecule has 0 aliphatic heterocycles. The zero-order valence-electron chi connectivity index (χ0n) is 31.9. The molecule has 1 fully saturated rings. The Labute approximate surface area is 277 Å². The maximum absolute atomic E-state index is 4.72. The lowest BCUT2D eigenvalue weighted by atomic mass is 9.64. The third-order valence-electron chi connectivity index (χ3n) is 10.8. The van der Waals surface area contributed by atoms with Gasteiger partial charge in [0.2, 0.25) is 0 Å². The predicted octanol–water partition coefficient (Wildman–Crippen LogP) is 14.6. The van der Waals surface area contributed by atoms with Gasteiger partial charge in [0.05, 0.1) is 0 Å². The monoisotopic (exact) mass is 603 g/mol. The minimum absolute atomic E-state index is 0.168. The van der Waals surface area contributed by atoms with Crippen LogP contribution in [-0.4, -0.2) is 0 Å². The van der Waals surface area contributed by atoms with E-state index in [1.54, 1.807) is 11.1 Å². The first-order chi connectivity index (χ1) is 20.6. The fourth-order valence-corrected chi connectivity index (χ4v) is 7.65. The first-order valence-electron chi connectivity index (χ1n) is 18.4. The molecule has 3 aliphatic carbocycles. The smallest absolute Gasteiger partial charge is 0.00660 e. The summed E-state index contributed by atoms with van der Waals surface area (Å²) in [6.45, 7) is 42.5. The van der Waals surface area contributed by atoms with Crippen LogP contribution in [-0.2, 0) is 0 Å². The molecular weight excluding hydrogens is 528 g/mol. The number of allylic oxidation sites excluding steroid dienone is 11. The Hall–Kier alpha value is -1.82. The molecule has 0 unspecified atom stereocenters. The van der Waals surface area contributed by atoms with Gasteiger partial charge in [-0.05, 0) is 121 Å². The fourth-order valence-electron chi connectivity index (χ4n) is 7.65. The highest BCUT2D eigenvalue weighted by Crippen LogP contribution is 2.49. The standard InChI is InChI=1S/C40H62.2C2H6/c1-13-33(22-27(2)3)38(21-18-32-16-14-28(4)15-17-32)31(7)30(6)29(5)23-37-25-35-24-36(39(8,9)10)20-19-34(35)26-40(37,11)12;2*1-2/h13,22-23,25,28,31-32,36,38H,1-2,6,14-21,24,26H2,3-5,7-12H3;2*1-2H3/b29-23+,33-22+;;/t28?,31-,32?,36-,38-;;/m0../s1. The Balaban J connectivity index is 0.00000232. The van der Waals surface area contributed by atoms with E-state index in [1.165, 1.54) is 86.5 Å². The molecule has 0 radical (unpaired) electrons. The van der Waals surface area contributed by atoms with E-state index < -0.39 is 0 Å². The Kier molecular flexibility index (Phi) is 16.8. The van der Waals surface area contributed by atoms with Crippen molar-refractivity contribution in [1.82, 2.24) is 0 Å². The number of hydrogen-bond acceptors (Lipinski definition) is 0. The van der Waals surface area contributed by atoms with Crippen LogP contribution in [0.1, 0.15) is 154 Å². The second-order valence-electron chi connectivity index (χ2n) is 15.7. The van der Waals surface area contributed by atoms with Crippen LogP contribution >= 0.6 is 0 Å². The van der Waals surface area contributed by atoms with Gasteiger partial charge in [-0.3, -0.25) is 0 Å². The van der Waals surface area contributed by atoms with E-state index >= 15 is 0 Å². The summed E-state index contributed by atoms with van der Waals surface area (Å²) in [5.74, 6) is 3.34. The second-order valence-corrected chi connectivity index (χ2v) is 15.7. The van der Waals surface area contributed by atoms with Gasteiger partial charge in [0.1, 0.15) is 0 Å². The molecule has 0 spiro atoms. The molecule has 0 saturated heterocycles. The van der Waals surface area contributed by atoms with Gasteiger partial charge in [-0.25, -0.2) is 0 Å². The van der Waals surface area contributed by atoms with Crippen molar-refractivity contribution in [3.8, 4) is 0 Å². The van der Waals surface area contributed by atoms with Crippen molar-refractivity contribution in [2.75, 3.05) is 0 Å². The molecule has 0 heteroatoms. The van der Waals surface area contributed by atoms with E-state index in [4.69, 9.17) is 6.58 Å². The zero-order valence-corrected chi connectivity index (χ0v) is 31.9. The Morgan fingerprint density at radius 1 is 1.00 bits per heavy atom. The van der Waals surface area contributed by atoms with Crippen molar-refractivity contribution in [3.63, 3.8) is 0 Å². The van der Waals surface area contributed by atoms with Crippen molar-refractivity contribution in [2.24, 2.45) is 40.4 Å². The summed E-state index contributed by atoms with van der Waals surface area (Å²) in [5.41, 5.74) is 10.4. The summed E-state index contributed by atoms with van der Waals surface area (Å²) < 4.78 is 0. The first-order valence-corrected chi connectivity index (χ1v) is 18.4. The molecule has 0 heterocycles. The predicted molar refractivity (Wildman–Crippen MR) is 202 cm³/mol. The second kappa shape index (κ2) is 18.4. The van der Waals surface area contributed by atoms with E-state index in [-0.39, 0.29) is 5.41 Å². The molecule has 250 valence electrons. The van der Waals surface area contributed by atoms with Crippen LogP contribution in [0.15, 0.2) is 83.1 Å². The molecule has 3 atom stereocenters. The van der Waals surface area contributed by atoms with E-state index in [2.05, 4.69) is 99.8 Å². The van der Waals surface area contributed by atoms with Gasteiger partial charge >= 0.3 is 0 Å². The van der Waals surface area contributed by atoms with Crippen molar-refractivity contribution in [1.29, 1.82) is 0 Å². The molecule has 44 heavy (non-hydrogen) atoms. The molecule has 0 aromatic carbocycles. The van der Waals surface area contributed by atoms with Crippen molar-refractivity contribution in [3.05, 3.63) is 83.1 Å². The van der Waals surface area contributed by atoms with Crippen molar-refractivity contribution >= 4 is 0 Å². The molecule has 0 aromatic heterocycles. The summed E-state index contributed by atoms with van der Waals surface area (Å²) in [6.07, 6.45) is 22.5. The summed E-state index contributed by atoms with van der Waals surface area (Å²) >= 11 is 0. The van der Waals surface area contributed by atoms with Crippen LogP contribution in [0.4, 0.5) is 0 Å². The third kappa shape index (κ3) is 11.5. The lowest BCUT2D eigenvalue weighted by Crippen LogP contribution is -2.28. The third-order valence-corrected chi connectivity index (χ3v) is 10.8. The van der Waals surface area contributed by atoms with Gasteiger partial charge in [0.15, 0.2) is 0 Å². The summed E-state index contributed by atoms with van der Waals surface area (Å²) in [7, 11) is 0. The topological polar surface area (TPSA) is 0 Å². The van der Waals surface area contributed by atoms with Crippen LogP contribution < -0.4 is 0 Å². The van der Waals surface area contributed by atoms with Gasteiger partial charge in [-0.1, -0.05) is 157 Å². The number of rotatable bonds is 10. The molecule has 0 amide bonds. The van der Waals surface area contributed by atoms with Crippen LogP contribution in [0.25, 0.3) is 0 Å². The maximum atomic E-state index is 4.72. The van der Waals surface area contributed by atoms with Crippen molar-refractivity contribution < 1.29 is 0 Å². The SMILES string of the molecule is C=C/C(=C\C(=C)C)[C@@H](CCC1CCC(C)CC1)[C@@H](C)C(=C)/C(C)=C/C1=CC2=C(CC[C@H](C(C)(C)C)C2)CC1(C)C.CC.CC. The van der Waals surface area contributed by atoms with Gasteiger partial charge in [0, 0.05) is 0 Å². The average molecular weight is 603 g/mol. The highest BCUT2D eigenvalue weighted by molar-refractivity contribution is 5.47. The largest absolute Gasteiger partial charge is 0.0988 e. The van der Waals surface area contributed by atoms with Gasteiger partial charge in [-0.2, -0.15) is 0 Å². The molecule has 3 aliphatic rings. The lowest BCUT2D eigenvalue weighted by molar-refractivity contribution is 0.212. The molecule has 0 aromatic rings. The first kappa shape index (κ1) is 40.2. The van der Waals surface area contributed by atoms with E-state index in [1.807, 2.05) is 27.7 Å². The average Bonchev–Trinajstić information content (AvgIpc) is 2.98. The summed E-state index contributed by atoms with van der Waals surface area (Å²) in [4.78, 5) is 0. The molecule has 0 bridgehead atoms. The fraction of sp³-hybridized carbons (Fsp3) is 0.682. The quantitative estimate of drug-likeness (QED) is 0.218. The Bertz CT molecular complexity index is 1060. The van der Waals surface area contributed by atoms with Crippen molar-refractivity contribution in [2.45, 2.75) is 154 Å². The van der Waals surface area contributed by atoms with E-state index in [0.717, 1.165) is 23.3 Å². The maximum Gasteiger partial charge on any atom is -0.00660 e. The molecule has 0 nitrogen and oxygen atoms in total. The minimum atomic E-state index is 0.168. The van der Waals surface area contributed by atoms with Crippen LogP contribution in [0.2, 0.25) is 0 Å². The van der Waals surface area contributed by atoms with E-state index in [9.17, 15) is 0 Å². The Morgan fingerprint density at radius 2 is 1.59 bits per heavy atom. The summed E-state index contributed by atoms with van der Waals surface area (Å²) in [5, 5.41) is 0. The van der Waals surface area contributed by atoms with E-state index in [0.29, 0.717) is 17.3 Å². The van der Waals surface area contributed by atoms with Crippen LogP contribution in [0.5, 0.6) is 0 Å². The zero-order chi connectivity index (χ0) is 33.8. The highest BCUT2D eigenvalue weighted by atomic mass is 14.4. The normalized spacial score (nSPS) is 25.2. The highest BCUT2D eigenvalue weighted by Gasteiger charge is 2.35. The molecule has 0 N–H and O–H groups in total. The van der Waals surface area contributed by atoms with Crippen LogP contribution in [0, 0.1) is 40.4 Å².